The molecule has 0 saturated carbocycles. The van der Waals surface area contributed by atoms with E-state index >= 15 is 0 Å². The number of nitrogens with zero attached hydrogens (tertiary/aromatic N) is 1. The molecule has 0 aliphatic carbocycles. The second-order valence-corrected chi connectivity index (χ2v) is 8.05. The van der Waals surface area contributed by atoms with Crippen LogP contribution in [0.15, 0.2) is 66.9 Å². The van der Waals surface area contributed by atoms with Crippen molar-refractivity contribution in [2.45, 2.75) is 65.2 Å². The summed E-state index contributed by atoms with van der Waals surface area (Å²) < 4.78 is 5.84. The zero-order chi connectivity index (χ0) is 21.0. The third kappa shape index (κ3) is 7.02. The Morgan fingerprint density at radius 2 is 1.30 bits per heavy atom. The number of pyridine rings is 1. The lowest BCUT2D eigenvalue weighted by Gasteiger charge is -2.08. The van der Waals surface area contributed by atoms with E-state index in [0.29, 0.717) is 0 Å². The minimum absolute atomic E-state index is 0.799. The van der Waals surface area contributed by atoms with Crippen LogP contribution in [0.25, 0.3) is 11.3 Å². The number of ether oxygens (including phenoxy) is 1. The van der Waals surface area contributed by atoms with Gasteiger partial charge in [0.2, 0.25) is 0 Å². The topological polar surface area (TPSA) is 22.1 Å². The Bertz CT molecular complexity index is 851. The minimum atomic E-state index is 0.799. The van der Waals surface area contributed by atoms with Gasteiger partial charge in [-0.2, -0.15) is 0 Å². The smallest absolute Gasteiger partial charge is 0.119 e. The zero-order valence-electron chi connectivity index (χ0n) is 18.6. The predicted molar refractivity (Wildman–Crippen MR) is 127 cm³/mol. The van der Waals surface area contributed by atoms with Crippen LogP contribution in [0.3, 0.4) is 0 Å². The molecule has 3 rings (SSSR count). The van der Waals surface area contributed by atoms with Crippen LogP contribution in [0, 0.1) is 0 Å². The Hall–Kier alpha value is -2.61. The molecular formula is C28H35NO. The quantitative estimate of drug-likeness (QED) is 0.294. The van der Waals surface area contributed by atoms with Crippen LogP contribution >= 0.6 is 0 Å². The number of unbranched alkanes of at least 4 members (excludes halogenated alkanes) is 3. The van der Waals surface area contributed by atoms with E-state index in [2.05, 4.69) is 67.4 Å². The molecule has 1 aromatic heterocycles. The maximum atomic E-state index is 5.84. The van der Waals surface area contributed by atoms with Gasteiger partial charge in [-0.25, -0.2) is 0 Å². The molecule has 0 amide bonds. The summed E-state index contributed by atoms with van der Waals surface area (Å²) >= 11 is 0. The van der Waals surface area contributed by atoms with E-state index in [1.54, 1.807) is 0 Å². The molecule has 0 radical (unpaired) electrons. The Balaban J connectivity index is 1.48. The third-order valence-electron chi connectivity index (χ3n) is 5.51. The fraction of sp³-hybridized carbons (Fsp3) is 0.393. The number of hydrogen-bond acceptors (Lipinski definition) is 2. The van der Waals surface area contributed by atoms with Crippen LogP contribution < -0.4 is 4.74 Å². The maximum Gasteiger partial charge on any atom is 0.119 e. The summed E-state index contributed by atoms with van der Waals surface area (Å²) in [4.78, 5) is 4.68. The molecule has 3 aromatic rings. The van der Waals surface area contributed by atoms with Gasteiger partial charge in [0.15, 0.2) is 0 Å². The Kier molecular flexibility index (Phi) is 8.96. The minimum Gasteiger partial charge on any atom is -0.494 e. The lowest BCUT2D eigenvalue weighted by Crippen LogP contribution is -1.97. The van der Waals surface area contributed by atoms with Crippen molar-refractivity contribution < 1.29 is 4.74 Å². The number of benzene rings is 2. The molecule has 0 spiro atoms. The van der Waals surface area contributed by atoms with E-state index in [9.17, 15) is 0 Å². The van der Waals surface area contributed by atoms with Crippen molar-refractivity contribution in [2.75, 3.05) is 6.61 Å². The maximum absolute atomic E-state index is 5.84. The highest BCUT2D eigenvalue weighted by Crippen LogP contribution is 2.21. The first-order chi connectivity index (χ1) is 14.8. The second kappa shape index (κ2) is 12.2. The van der Waals surface area contributed by atoms with E-state index in [1.165, 1.54) is 42.4 Å². The number of hydrogen-bond donors (Lipinski definition) is 0. The van der Waals surface area contributed by atoms with Crippen LogP contribution in [-0.2, 0) is 19.3 Å². The van der Waals surface area contributed by atoms with E-state index in [0.717, 1.165) is 49.3 Å². The SMILES string of the molecule is CCCCCCOc1ccc(-c2ccc(CCc3ccc(CCC)cc3)cn2)cc1. The highest BCUT2D eigenvalue weighted by Gasteiger charge is 2.02. The summed E-state index contributed by atoms with van der Waals surface area (Å²) in [6.07, 6.45) is 11.4. The fourth-order valence-corrected chi connectivity index (χ4v) is 3.63. The molecule has 1 heterocycles. The van der Waals surface area contributed by atoms with Crippen molar-refractivity contribution >= 4 is 0 Å². The van der Waals surface area contributed by atoms with Crippen molar-refractivity contribution in [2.24, 2.45) is 0 Å². The predicted octanol–water partition coefficient (Wildman–Crippen LogP) is 7.45. The molecule has 158 valence electrons. The van der Waals surface area contributed by atoms with Gasteiger partial charge in [0.1, 0.15) is 5.75 Å². The summed E-state index contributed by atoms with van der Waals surface area (Å²) in [6, 6.07) is 21.7. The standard InChI is InChI=1S/C28H35NO/c1-3-5-6-7-21-30-27-18-16-26(17-19-27)28-20-15-25(22-29-28)14-13-24-11-9-23(8-4-2)10-12-24/h9-12,15-20,22H,3-8,13-14,21H2,1-2H3. The molecule has 2 nitrogen and oxygen atoms in total. The van der Waals surface area contributed by atoms with Gasteiger partial charge in [-0.15, -0.1) is 0 Å². The molecule has 2 heteroatoms. The van der Waals surface area contributed by atoms with Gasteiger partial charge in [0, 0.05) is 11.8 Å². The van der Waals surface area contributed by atoms with Crippen molar-refractivity contribution in [3.63, 3.8) is 0 Å². The van der Waals surface area contributed by atoms with Crippen molar-refractivity contribution in [1.29, 1.82) is 0 Å². The van der Waals surface area contributed by atoms with Gasteiger partial charge in [0.25, 0.3) is 0 Å². The highest BCUT2D eigenvalue weighted by molar-refractivity contribution is 5.60. The summed E-state index contributed by atoms with van der Waals surface area (Å²) in [5.74, 6) is 0.942. The van der Waals surface area contributed by atoms with Crippen LogP contribution in [0.4, 0.5) is 0 Å². The molecule has 0 bridgehead atoms. The van der Waals surface area contributed by atoms with E-state index < -0.39 is 0 Å². The number of aryl methyl sites for hydroxylation is 3. The molecule has 2 aromatic carbocycles. The van der Waals surface area contributed by atoms with Crippen LogP contribution in [0.2, 0.25) is 0 Å². The van der Waals surface area contributed by atoms with E-state index in [1.807, 2.05) is 18.3 Å². The summed E-state index contributed by atoms with van der Waals surface area (Å²) in [6.45, 7) is 5.25. The molecule has 0 saturated heterocycles. The highest BCUT2D eigenvalue weighted by atomic mass is 16.5. The first-order valence-corrected chi connectivity index (χ1v) is 11.5. The second-order valence-electron chi connectivity index (χ2n) is 8.05. The number of aromatic nitrogens is 1. The molecule has 0 N–H and O–H groups in total. The molecule has 30 heavy (non-hydrogen) atoms. The van der Waals surface area contributed by atoms with Crippen molar-refractivity contribution in [1.82, 2.24) is 4.98 Å². The fourth-order valence-electron chi connectivity index (χ4n) is 3.63. The molecular weight excluding hydrogens is 366 g/mol. The molecule has 0 aliphatic rings. The average Bonchev–Trinajstić information content (AvgIpc) is 2.79. The Morgan fingerprint density at radius 3 is 1.93 bits per heavy atom. The van der Waals surface area contributed by atoms with E-state index in [-0.39, 0.29) is 0 Å². The average molecular weight is 402 g/mol. The largest absolute Gasteiger partial charge is 0.494 e. The van der Waals surface area contributed by atoms with Gasteiger partial charge in [-0.3, -0.25) is 4.98 Å². The first-order valence-electron chi connectivity index (χ1n) is 11.5. The van der Waals surface area contributed by atoms with Gasteiger partial charge in [0.05, 0.1) is 12.3 Å². The first kappa shape index (κ1) is 22.1. The molecule has 0 fully saturated rings. The monoisotopic (exact) mass is 401 g/mol. The number of rotatable bonds is 12. The molecule has 0 unspecified atom stereocenters. The molecule has 0 aliphatic heterocycles. The zero-order valence-corrected chi connectivity index (χ0v) is 18.6. The van der Waals surface area contributed by atoms with Crippen LogP contribution in [-0.4, -0.2) is 11.6 Å². The summed E-state index contributed by atoms with van der Waals surface area (Å²) in [7, 11) is 0. The Morgan fingerprint density at radius 1 is 0.633 bits per heavy atom. The molecule has 0 atom stereocenters. The Labute approximate surface area is 182 Å². The normalized spacial score (nSPS) is 10.9. The van der Waals surface area contributed by atoms with Crippen molar-refractivity contribution in [3.05, 3.63) is 83.6 Å². The summed E-state index contributed by atoms with van der Waals surface area (Å²) in [5.41, 5.74) is 6.25. The van der Waals surface area contributed by atoms with Gasteiger partial charge in [-0.05, 0) is 72.7 Å². The lowest BCUT2D eigenvalue weighted by atomic mass is 10.0. The van der Waals surface area contributed by atoms with Gasteiger partial charge in [-0.1, -0.05) is 69.9 Å². The van der Waals surface area contributed by atoms with Gasteiger partial charge < -0.3 is 4.74 Å². The lowest BCUT2D eigenvalue weighted by molar-refractivity contribution is 0.305. The summed E-state index contributed by atoms with van der Waals surface area (Å²) in [5, 5.41) is 0. The third-order valence-corrected chi connectivity index (χ3v) is 5.51. The van der Waals surface area contributed by atoms with Crippen LogP contribution in [0.1, 0.15) is 62.6 Å². The van der Waals surface area contributed by atoms with E-state index in [4.69, 9.17) is 4.74 Å². The van der Waals surface area contributed by atoms with Crippen molar-refractivity contribution in [3.8, 4) is 17.0 Å². The van der Waals surface area contributed by atoms with Crippen LogP contribution in [0.5, 0.6) is 5.75 Å². The van der Waals surface area contributed by atoms with Gasteiger partial charge >= 0.3 is 0 Å².